The quantitative estimate of drug-likeness (QED) is 0.175. The predicted molar refractivity (Wildman–Crippen MR) is 250 cm³/mol. The van der Waals surface area contributed by atoms with E-state index in [2.05, 4.69) is 167 Å². The molecule has 0 aliphatic heterocycles. The van der Waals surface area contributed by atoms with Crippen LogP contribution in [0.3, 0.4) is 0 Å². The molecule has 4 aromatic heterocycles. The average molecular weight is 780 g/mol. The van der Waals surface area contributed by atoms with Gasteiger partial charge >= 0.3 is 0 Å². The fourth-order valence-electron chi connectivity index (χ4n) is 9.45. The number of aromatic nitrogens is 5. The molecule has 0 aliphatic rings. The van der Waals surface area contributed by atoms with Crippen LogP contribution in [0, 0.1) is 0 Å². The molecule has 9 aromatic carbocycles. The molecule has 0 amide bonds. The number of furan rings is 1. The smallest absolute Gasteiger partial charge is 0.166 e. The largest absolute Gasteiger partial charge is 0.455 e. The van der Waals surface area contributed by atoms with Crippen LogP contribution in [-0.2, 0) is 0 Å². The Morgan fingerprint density at radius 1 is 0.361 bits per heavy atom. The second-order valence-corrected chi connectivity index (χ2v) is 15.6. The van der Waals surface area contributed by atoms with Crippen molar-refractivity contribution < 1.29 is 4.42 Å². The Hall–Kier alpha value is -8.35. The minimum Gasteiger partial charge on any atom is -0.455 e. The molecule has 0 atom stereocenters. The van der Waals surface area contributed by atoms with E-state index in [1.54, 1.807) is 0 Å². The van der Waals surface area contributed by atoms with E-state index in [9.17, 15) is 0 Å². The van der Waals surface area contributed by atoms with E-state index in [4.69, 9.17) is 19.4 Å². The maximum atomic E-state index is 6.92. The van der Waals surface area contributed by atoms with Gasteiger partial charge in [0.2, 0.25) is 0 Å². The van der Waals surface area contributed by atoms with Crippen LogP contribution in [-0.4, -0.2) is 24.1 Å². The molecule has 61 heavy (non-hydrogen) atoms. The zero-order chi connectivity index (χ0) is 40.0. The van der Waals surface area contributed by atoms with Gasteiger partial charge in [-0.1, -0.05) is 152 Å². The monoisotopic (exact) mass is 779 g/mol. The molecule has 0 spiro atoms. The van der Waals surface area contributed by atoms with Crippen LogP contribution in [0.25, 0.3) is 122 Å². The molecule has 0 N–H and O–H groups in total. The maximum Gasteiger partial charge on any atom is 0.166 e. The summed E-state index contributed by atoms with van der Waals surface area (Å²) in [6.45, 7) is 0. The normalized spacial score (nSPS) is 11.9. The van der Waals surface area contributed by atoms with E-state index < -0.39 is 0 Å². The SMILES string of the molecule is c1ccc(-c2nc(-c3ccccc3)nc(-c3cc4c5ccccc5oc4c4c5ccc6ccccc6c5n(-c5ccc6c(c5)c5ccccc5n6-c5ccccc5)c34)n2)cc1. The molecule has 6 nitrogen and oxygen atoms in total. The summed E-state index contributed by atoms with van der Waals surface area (Å²) >= 11 is 0. The number of nitrogens with zero attached hydrogens (tertiary/aromatic N) is 5. The summed E-state index contributed by atoms with van der Waals surface area (Å²) in [6, 6.07) is 70.2. The maximum absolute atomic E-state index is 6.92. The van der Waals surface area contributed by atoms with E-state index in [0.29, 0.717) is 17.5 Å². The molecule has 0 radical (unpaired) electrons. The third-order valence-electron chi connectivity index (χ3n) is 12.1. The standard InChI is InChI=1S/C55H33N5O/c1-4-17-35(18-5-1)53-56-54(36-19-6-2-7-20-36)58-55(57-53)45-33-44-41-25-13-15-27-48(41)61-52(44)49-42-30-28-34-16-10-11-23-39(34)50(42)60(51(45)49)38-29-31-47-43(32-38)40-24-12-14-26-46(40)59(47)37-21-8-3-9-22-37/h1-33H. The molecule has 284 valence electrons. The molecule has 0 fully saturated rings. The summed E-state index contributed by atoms with van der Waals surface area (Å²) in [4.78, 5) is 15.8. The Balaban J connectivity index is 1.22. The number of rotatable bonds is 5. The number of para-hydroxylation sites is 3. The number of benzene rings is 9. The molecule has 13 rings (SSSR count). The van der Waals surface area contributed by atoms with Gasteiger partial charge in [-0.3, -0.25) is 0 Å². The van der Waals surface area contributed by atoms with E-state index in [0.717, 1.165) is 99.0 Å². The Bertz CT molecular complexity index is 3810. The lowest BCUT2D eigenvalue weighted by atomic mass is 10.0. The highest BCUT2D eigenvalue weighted by atomic mass is 16.3. The van der Waals surface area contributed by atoms with E-state index >= 15 is 0 Å². The first-order valence-corrected chi connectivity index (χ1v) is 20.5. The predicted octanol–water partition coefficient (Wildman–Crippen LogP) is 14.1. The van der Waals surface area contributed by atoms with Crippen molar-refractivity contribution in [1.29, 1.82) is 0 Å². The van der Waals surface area contributed by atoms with Crippen LogP contribution < -0.4 is 0 Å². The molecule has 0 aliphatic carbocycles. The van der Waals surface area contributed by atoms with Gasteiger partial charge in [-0.25, -0.2) is 15.0 Å². The highest BCUT2D eigenvalue weighted by Crippen LogP contribution is 2.47. The lowest BCUT2D eigenvalue weighted by Crippen LogP contribution is -2.02. The summed E-state index contributed by atoms with van der Waals surface area (Å²) in [7, 11) is 0. The Morgan fingerprint density at radius 3 is 1.72 bits per heavy atom. The number of hydrogen-bond donors (Lipinski definition) is 0. The summed E-state index contributed by atoms with van der Waals surface area (Å²) in [5.74, 6) is 1.80. The molecule has 0 bridgehead atoms. The van der Waals surface area contributed by atoms with Gasteiger partial charge < -0.3 is 13.6 Å². The summed E-state index contributed by atoms with van der Waals surface area (Å²) in [5.41, 5.74) is 10.9. The summed E-state index contributed by atoms with van der Waals surface area (Å²) < 4.78 is 11.7. The van der Waals surface area contributed by atoms with Gasteiger partial charge in [-0.05, 0) is 53.9 Å². The van der Waals surface area contributed by atoms with Gasteiger partial charge in [0.1, 0.15) is 11.2 Å². The van der Waals surface area contributed by atoms with Crippen molar-refractivity contribution >= 4 is 76.3 Å². The van der Waals surface area contributed by atoms with Crippen molar-refractivity contribution in [2.75, 3.05) is 0 Å². The van der Waals surface area contributed by atoms with Crippen molar-refractivity contribution in [3.05, 3.63) is 200 Å². The first-order valence-electron chi connectivity index (χ1n) is 20.5. The Morgan fingerprint density at radius 2 is 0.967 bits per heavy atom. The molecular formula is C55H33N5O. The van der Waals surface area contributed by atoms with Gasteiger partial charge in [0.25, 0.3) is 0 Å². The van der Waals surface area contributed by atoms with Crippen molar-refractivity contribution in [2.24, 2.45) is 0 Å². The van der Waals surface area contributed by atoms with Crippen LogP contribution >= 0.6 is 0 Å². The Kier molecular flexibility index (Phi) is 7.21. The number of hydrogen-bond acceptors (Lipinski definition) is 4. The summed E-state index contributed by atoms with van der Waals surface area (Å²) in [5, 5.41) is 8.80. The topological polar surface area (TPSA) is 61.7 Å². The van der Waals surface area contributed by atoms with Gasteiger partial charge in [0.05, 0.1) is 27.5 Å². The van der Waals surface area contributed by atoms with Crippen LogP contribution in [0.15, 0.2) is 205 Å². The van der Waals surface area contributed by atoms with Crippen molar-refractivity contribution in [2.45, 2.75) is 0 Å². The van der Waals surface area contributed by atoms with Crippen molar-refractivity contribution in [1.82, 2.24) is 24.1 Å². The third kappa shape index (κ3) is 5.06. The fourth-order valence-corrected chi connectivity index (χ4v) is 9.45. The first kappa shape index (κ1) is 33.6. The van der Waals surface area contributed by atoms with Gasteiger partial charge in [-0.15, -0.1) is 0 Å². The second-order valence-electron chi connectivity index (χ2n) is 15.6. The second kappa shape index (κ2) is 13.1. The molecule has 0 saturated heterocycles. The van der Waals surface area contributed by atoms with Crippen molar-refractivity contribution in [3.8, 4) is 45.5 Å². The highest BCUT2D eigenvalue weighted by molar-refractivity contribution is 6.30. The van der Waals surface area contributed by atoms with Crippen LogP contribution in [0.1, 0.15) is 0 Å². The molecule has 6 heteroatoms. The lowest BCUT2D eigenvalue weighted by molar-refractivity contribution is 0.673. The van der Waals surface area contributed by atoms with E-state index in [1.807, 2.05) is 42.5 Å². The van der Waals surface area contributed by atoms with Gasteiger partial charge in [0, 0.05) is 60.4 Å². The fraction of sp³-hybridized carbons (Fsp3) is 0. The highest BCUT2D eigenvalue weighted by Gasteiger charge is 2.27. The minimum absolute atomic E-state index is 0.583. The van der Waals surface area contributed by atoms with E-state index in [-0.39, 0.29) is 0 Å². The molecule has 4 heterocycles. The van der Waals surface area contributed by atoms with Gasteiger partial charge in [-0.2, -0.15) is 0 Å². The van der Waals surface area contributed by atoms with Crippen LogP contribution in [0.4, 0.5) is 0 Å². The first-order chi connectivity index (χ1) is 30.3. The lowest BCUT2D eigenvalue weighted by Gasteiger charge is -2.14. The van der Waals surface area contributed by atoms with Crippen molar-refractivity contribution in [3.63, 3.8) is 0 Å². The molecule has 0 unspecified atom stereocenters. The molecule has 13 aromatic rings. The Labute approximate surface area is 349 Å². The minimum atomic E-state index is 0.583. The zero-order valence-corrected chi connectivity index (χ0v) is 32.7. The van der Waals surface area contributed by atoms with Gasteiger partial charge in [0.15, 0.2) is 17.5 Å². The zero-order valence-electron chi connectivity index (χ0n) is 32.7. The average Bonchev–Trinajstić information content (AvgIpc) is 4.00. The third-order valence-corrected chi connectivity index (χ3v) is 12.1. The van der Waals surface area contributed by atoms with Crippen LogP contribution in [0.2, 0.25) is 0 Å². The molecular weight excluding hydrogens is 747 g/mol. The number of fused-ring (bicyclic) bond motifs is 12. The molecule has 0 saturated carbocycles. The van der Waals surface area contributed by atoms with Crippen LogP contribution in [0.5, 0.6) is 0 Å². The van der Waals surface area contributed by atoms with E-state index in [1.165, 1.54) is 5.39 Å². The summed E-state index contributed by atoms with van der Waals surface area (Å²) in [6.07, 6.45) is 0.